The zero-order valence-corrected chi connectivity index (χ0v) is 14.4. The summed E-state index contributed by atoms with van der Waals surface area (Å²) in [7, 11) is 3.15. The summed E-state index contributed by atoms with van der Waals surface area (Å²) in [5, 5.41) is 6.58. The molecule has 6 nitrogen and oxygen atoms in total. The quantitative estimate of drug-likeness (QED) is 0.721. The molecule has 0 saturated carbocycles. The van der Waals surface area contributed by atoms with Crippen LogP contribution in [-0.4, -0.2) is 37.4 Å². The number of aryl methyl sites for hydroxylation is 1. The molecule has 0 bridgehead atoms. The third-order valence-electron chi connectivity index (χ3n) is 3.75. The number of alkyl halides is 4. The zero-order chi connectivity index (χ0) is 18.9. The van der Waals surface area contributed by atoms with Crippen LogP contribution in [-0.2, 0) is 18.4 Å². The topological polar surface area (TPSA) is 56.0 Å². The van der Waals surface area contributed by atoms with E-state index in [0.29, 0.717) is 10.4 Å². The Morgan fingerprint density at radius 1 is 1.32 bits per heavy atom. The van der Waals surface area contributed by atoms with Gasteiger partial charge in [0.25, 0.3) is 12.9 Å². The average molecular weight is 382 g/mol. The Balaban J connectivity index is 2.29. The van der Waals surface area contributed by atoms with E-state index >= 15 is 0 Å². The summed E-state index contributed by atoms with van der Waals surface area (Å²) in [6, 6.07) is 0.464. The number of aromatic nitrogens is 4. The van der Waals surface area contributed by atoms with Gasteiger partial charge in [-0.25, -0.2) is 22.2 Å². The van der Waals surface area contributed by atoms with Crippen LogP contribution >= 0.6 is 11.6 Å². The predicted octanol–water partition coefficient (Wildman–Crippen LogP) is 3.36. The van der Waals surface area contributed by atoms with Crippen LogP contribution in [0.3, 0.4) is 0 Å². The summed E-state index contributed by atoms with van der Waals surface area (Å²) in [5.74, 6) is -0.580. The van der Waals surface area contributed by atoms with Crippen LogP contribution in [0, 0.1) is 0 Å². The Kier molecular flexibility index (Phi) is 5.71. The highest BCUT2D eigenvalue weighted by atomic mass is 35.5. The van der Waals surface area contributed by atoms with Gasteiger partial charge in [-0.1, -0.05) is 11.6 Å². The molecule has 0 spiro atoms. The highest BCUT2D eigenvalue weighted by Gasteiger charge is 2.32. The van der Waals surface area contributed by atoms with E-state index in [4.69, 9.17) is 11.6 Å². The first-order valence-corrected chi connectivity index (χ1v) is 7.58. The number of rotatable bonds is 6. The fraction of sp³-hybridized carbons (Fsp3) is 0.500. The minimum atomic E-state index is -3.15. The van der Waals surface area contributed by atoms with Crippen molar-refractivity contribution in [2.24, 2.45) is 7.05 Å². The molecule has 1 atom stereocenters. The molecule has 138 valence electrons. The van der Waals surface area contributed by atoms with Gasteiger partial charge in [-0.2, -0.15) is 10.2 Å². The van der Waals surface area contributed by atoms with Gasteiger partial charge in [0.1, 0.15) is 17.4 Å². The fourth-order valence-corrected chi connectivity index (χ4v) is 2.67. The van der Waals surface area contributed by atoms with Gasteiger partial charge in [-0.15, -0.1) is 0 Å². The van der Waals surface area contributed by atoms with Crippen molar-refractivity contribution in [2.75, 3.05) is 7.05 Å². The lowest BCUT2D eigenvalue weighted by atomic mass is 10.2. The monoisotopic (exact) mass is 381 g/mol. The van der Waals surface area contributed by atoms with Crippen molar-refractivity contribution in [1.29, 1.82) is 0 Å². The summed E-state index contributed by atoms with van der Waals surface area (Å²) in [6.45, 7) is 1.47. The predicted molar refractivity (Wildman–Crippen MR) is 81.5 cm³/mol. The maximum absolute atomic E-state index is 13.2. The molecule has 0 aliphatic carbocycles. The number of carbonyl (C=O) groups is 1. The third kappa shape index (κ3) is 3.78. The van der Waals surface area contributed by atoms with Crippen molar-refractivity contribution in [3.63, 3.8) is 0 Å². The van der Waals surface area contributed by atoms with E-state index in [-0.39, 0.29) is 6.54 Å². The van der Waals surface area contributed by atoms with Crippen molar-refractivity contribution < 1.29 is 22.4 Å². The summed E-state index contributed by atoms with van der Waals surface area (Å²) in [5.41, 5.74) is -1.15. The number of carbonyl (C=O) groups excluding carboxylic acids is 1. The van der Waals surface area contributed by atoms with E-state index in [9.17, 15) is 22.4 Å². The van der Waals surface area contributed by atoms with E-state index in [1.165, 1.54) is 18.9 Å². The average Bonchev–Trinajstić information content (AvgIpc) is 3.09. The van der Waals surface area contributed by atoms with Crippen molar-refractivity contribution in [3.8, 4) is 0 Å². The first-order chi connectivity index (χ1) is 11.6. The molecule has 1 unspecified atom stereocenters. The lowest BCUT2D eigenvalue weighted by Crippen LogP contribution is -2.34. The number of amides is 1. The van der Waals surface area contributed by atoms with Gasteiger partial charge in [0.05, 0.1) is 17.3 Å². The second kappa shape index (κ2) is 7.42. The Labute approximate surface area is 146 Å². The van der Waals surface area contributed by atoms with Gasteiger partial charge in [0.15, 0.2) is 0 Å². The molecule has 2 rings (SSSR count). The second-order valence-electron chi connectivity index (χ2n) is 5.45. The molecular weight excluding hydrogens is 366 g/mol. The Hall–Kier alpha value is -2.10. The SMILES string of the molecule is CC(C(=O)N(C)Cc1ccnn1C)n1nc(C(F)F)c(Cl)c1C(F)F. The fourth-order valence-electron chi connectivity index (χ4n) is 2.38. The molecular formula is C14H16ClF4N5O. The van der Waals surface area contributed by atoms with Crippen LogP contribution in [0.1, 0.15) is 42.9 Å². The third-order valence-corrected chi connectivity index (χ3v) is 4.13. The van der Waals surface area contributed by atoms with Gasteiger partial charge < -0.3 is 4.90 Å². The number of hydrogen-bond donors (Lipinski definition) is 0. The largest absolute Gasteiger partial charge is 0.338 e. The molecule has 0 aliphatic heterocycles. The second-order valence-corrected chi connectivity index (χ2v) is 5.82. The lowest BCUT2D eigenvalue weighted by Gasteiger charge is -2.22. The first kappa shape index (κ1) is 19.2. The minimum absolute atomic E-state index is 0.167. The van der Waals surface area contributed by atoms with E-state index in [1.54, 1.807) is 24.0 Å². The molecule has 11 heteroatoms. The van der Waals surface area contributed by atoms with Crippen molar-refractivity contribution in [2.45, 2.75) is 32.4 Å². The Bertz CT molecular complexity index is 760. The summed E-state index contributed by atoms with van der Waals surface area (Å²) >= 11 is 5.60. The van der Waals surface area contributed by atoms with Crippen LogP contribution in [0.2, 0.25) is 5.02 Å². The Morgan fingerprint density at radius 2 is 1.96 bits per heavy atom. The highest BCUT2D eigenvalue weighted by Crippen LogP contribution is 2.36. The maximum Gasteiger partial charge on any atom is 0.283 e. The molecule has 0 aliphatic rings. The Morgan fingerprint density at radius 3 is 2.44 bits per heavy atom. The summed E-state index contributed by atoms with van der Waals surface area (Å²) < 4.78 is 54.4. The van der Waals surface area contributed by atoms with E-state index in [2.05, 4.69) is 10.2 Å². The molecule has 2 aromatic rings. The lowest BCUT2D eigenvalue weighted by molar-refractivity contribution is -0.134. The molecule has 0 saturated heterocycles. The number of likely N-dealkylation sites (N-methyl/N-ethyl adjacent to an activating group) is 1. The van der Waals surface area contributed by atoms with Crippen molar-refractivity contribution in [1.82, 2.24) is 24.5 Å². The number of hydrogen-bond acceptors (Lipinski definition) is 3. The normalized spacial score (nSPS) is 12.9. The number of nitrogens with zero attached hydrogens (tertiary/aromatic N) is 5. The van der Waals surface area contributed by atoms with Crippen molar-refractivity contribution >= 4 is 17.5 Å². The van der Waals surface area contributed by atoms with Gasteiger partial charge in [0.2, 0.25) is 5.91 Å². The maximum atomic E-state index is 13.2. The zero-order valence-electron chi connectivity index (χ0n) is 13.6. The minimum Gasteiger partial charge on any atom is -0.338 e. The highest BCUT2D eigenvalue weighted by molar-refractivity contribution is 6.32. The molecule has 2 heterocycles. The van der Waals surface area contributed by atoms with Crippen LogP contribution in [0.4, 0.5) is 17.6 Å². The number of halogens is 5. The van der Waals surface area contributed by atoms with Gasteiger partial charge >= 0.3 is 0 Å². The van der Waals surface area contributed by atoms with Gasteiger partial charge in [-0.3, -0.25) is 9.48 Å². The van der Waals surface area contributed by atoms with Gasteiger partial charge in [0, 0.05) is 20.3 Å². The molecule has 2 aromatic heterocycles. The first-order valence-electron chi connectivity index (χ1n) is 7.21. The smallest absolute Gasteiger partial charge is 0.283 e. The molecule has 25 heavy (non-hydrogen) atoms. The molecule has 1 amide bonds. The summed E-state index contributed by atoms with van der Waals surface area (Å²) in [4.78, 5) is 13.8. The molecule has 0 N–H and O–H groups in total. The molecule has 0 aromatic carbocycles. The van der Waals surface area contributed by atoms with E-state index in [1.807, 2.05) is 0 Å². The van der Waals surface area contributed by atoms with Crippen LogP contribution in [0.15, 0.2) is 12.3 Å². The standard InChI is InChI=1S/C14H16ClF4N5O/c1-7(14(25)22(2)6-8-4-5-20-23(8)3)24-11(13(18)19)9(15)10(21-24)12(16)17/h4-5,7,12-13H,6H2,1-3H3. The van der Waals surface area contributed by atoms with Gasteiger partial charge in [-0.05, 0) is 13.0 Å². The molecule has 0 radical (unpaired) electrons. The van der Waals surface area contributed by atoms with Crippen LogP contribution in [0.25, 0.3) is 0 Å². The summed E-state index contributed by atoms with van der Waals surface area (Å²) in [6.07, 6.45) is -4.72. The van der Waals surface area contributed by atoms with E-state index < -0.39 is 41.2 Å². The van der Waals surface area contributed by atoms with Crippen molar-refractivity contribution in [3.05, 3.63) is 34.4 Å². The van der Waals surface area contributed by atoms with Crippen LogP contribution in [0.5, 0.6) is 0 Å². The van der Waals surface area contributed by atoms with E-state index in [0.717, 1.165) is 0 Å². The molecule has 0 fully saturated rings. The van der Waals surface area contributed by atoms with Crippen LogP contribution < -0.4 is 0 Å².